The van der Waals surface area contributed by atoms with Crippen molar-refractivity contribution in [3.8, 4) is 11.5 Å². The zero-order valence-corrected chi connectivity index (χ0v) is 13.2. The predicted molar refractivity (Wildman–Crippen MR) is 86.1 cm³/mol. The first-order valence-corrected chi connectivity index (χ1v) is 8.53. The van der Waals surface area contributed by atoms with Gasteiger partial charge in [0, 0.05) is 5.56 Å². The van der Waals surface area contributed by atoms with Crippen LogP contribution >= 0.6 is 11.8 Å². The van der Waals surface area contributed by atoms with Gasteiger partial charge in [0.15, 0.2) is 11.5 Å². The summed E-state index contributed by atoms with van der Waals surface area (Å²) in [4.78, 5) is 0. The molecule has 0 aromatic heterocycles. The van der Waals surface area contributed by atoms with Gasteiger partial charge < -0.3 is 15.2 Å². The molecule has 0 bridgehead atoms. The van der Waals surface area contributed by atoms with Gasteiger partial charge in [0.1, 0.15) is 6.10 Å². The van der Waals surface area contributed by atoms with Gasteiger partial charge in [-0.2, -0.15) is 11.8 Å². The average molecular weight is 295 g/mol. The zero-order chi connectivity index (χ0) is 14.4. The van der Waals surface area contributed by atoms with Crippen LogP contribution in [0.15, 0.2) is 18.2 Å². The smallest absolute Gasteiger partial charge is 0.165 e. The maximum atomic E-state index is 6.30. The van der Waals surface area contributed by atoms with Crippen molar-refractivity contribution in [2.75, 3.05) is 25.2 Å². The molecule has 0 aliphatic carbocycles. The highest BCUT2D eigenvalue weighted by atomic mass is 32.2. The number of thioether (sulfide) groups is 1. The van der Waals surface area contributed by atoms with E-state index in [1.807, 2.05) is 23.9 Å². The van der Waals surface area contributed by atoms with Crippen molar-refractivity contribution in [1.29, 1.82) is 0 Å². The molecule has 1 fully saturated rings. The minimum Gasteiger partial charge on any atom is -0.493 e. The third kappa shape index (κ3) is 3.83. The van der Waals surface area contributed by atoms with Crippen LogP contribution in [0, 0.1) is 0 Å². The molecule has 2 rings (SSSR count). The maximum absolute atomic E-state index is 6.30. The molecule has 1 aromatic rings. The number of nitrogens with two attached hydrogens (primary N) is 1. The molecular formula is C16H25NO2S. The summed E-state index contributed by atoms with van der Waals surface area (Å²) in [6, 6.07) is 6.14. The van der Waals surface area contributed by atoms with Crippen molar-refractivity contribution in [2.24, 2.45) is 5.73 Å². The summed E-state index contributed by atoms with van der Waals surface area (Å²) < 4.78 is 11.8. The molecule has 1 atom stereocenters. The first-order chi connectivity index (χ1) is 9.76. The van der Waals surface area contributed by atoms with Crippen molar-refractivity contribution in [2.45, 2.75) is 38.2 Å². The lowest BCUT2D eigenvalue weighted by Gasteiger charge is -2.26. The van der Waals surface area contributed by atoms with Crippen LogP contribution < -0.4 is 15.2 Å². The van der Waals surface area contributed by atoms with Gasteiger partial charge >= 0.3 is 0 Å². The fraction of sp³-hybridized carbons (Fsp3) is 0.625. The zero-order valence-electron chi connectivity index (χ0n) is 12.4. The van der Waals surface area contributed by atoms with Crippen LogP contribution in [0.3, 0.4) is 0 Å². The fourth-order valence-corrected chi connectivity index (χ4v) is 3.64. The number of methoxy groups -OCH3 is 1. The Hall–Kier alpha value is -0.870. The van der Waals surface area contributed by atoms with E-state index in [-0.39, 0.29) is 0 Å². The Kier molecular flexibility index (Phi) is 6.05. The highest BCUT2D eigenvalue weighted by Gasteiger charge is 2.21. The monoisotopic (exact) mass is 295 g/mol. The van der Waals surface area contributed by atoms with Gasteiger partial charge in [-0.05, 0) is 49.3 Å². The topological polar surface area (TPSA) is 44.5 Å². The lowest BCUT2D eigenvalue weighted by atomic mass is 9.96. The third-order valence-electron chi connectivity index (χ3n) is 3.81. The van der Waals surface area contributed by atoms with Gasteiger partial charge in [-0.25, -0.2) is 0 Å². The lowest BCUT2D eigenvalue weighted by Crippen LogP contribution is -2.23. The third-order valence-corrected chi connectivity index (χ3v) is 4.86. The van der Waals surface area contributed by atoms with Gasteiger partial charge in [-0.3, -0.25) is 0 Å². The van der Waals surface area contributed by atoms with Gasteiger partial charge in [-0.15, -0.1) is 0 Å². The van der Waals surface area contributed by atoms with E-state index in [1.54, 1.807) is 7.11 Å². The van der Waals surface area contributed by atoms with Crippen molar-refractivity contribution in [3.63, 3.8) is 0 Å². The van der Waals surface area contributed by atoms with Crippen LogP contribution in [0.4, 0.5) is 0 Å². The Morgan fingerprint density at radius 2 is 2.10 bits per heavy atom. The van der Waals surface area contributed by atoms with Gasteiger partial charge in [0.25, 0.3) is 0 Å². The molecule has 2 N–H and O–H groups in total. The largest absolute Gasteiger partial charge is 0.493 e. The highest BCUT2D eigenvalue weighted by molar-refractivity contribution is 7.99. The molecule has 3 nitrogen and oxygen atoms in total. The summed E-state index contributed by atoms with van der Waals surface area (Å²) in [5.74, 6) is 4.53. The van der Waals surface area contributed by atoms with Crippen LogP contribution in [0.2, 0.25) is 0 Å². The van der Waals surface area contributed by atoms with Crippen molar-refractivity contribution >= 4 is 11.8 Å². The SMILES string of the molecule is COc1cccc(C(C)CCN)c1OC1CCSCC1. The Labute approximate surface area is 126 Å². The molecule has 0 saturated carbocycles. The Morgan fingerprint density at radius 3 is 2.75 bits per heavy atom. The Bertz CT molecular complexity index is 419. The molecular weight excluding hydrogens is 270 g/mol. The van der Waals surface area contributed by atoms with Gasteiger partial charge in [0.05, 0.1) is 7.11 Å². The van der Waals surface area contributed by atoms with E-state index in [4.69, 9.17) is 15.2 Å². The number of hydrogen-bond acceptors (Lipinski definition) is 4. The second-order valence-electron chi connectivity index (χ2n) is 5.29. The second kappa shape index (κ2) is 7.79. The standard InChI is InChI=1S/C16H25NO2S/c1-12(6-9-17)14-4-3-5-15(18-2)16(14)19-13-7-10-20-11-8-13/h3-5,12-13H,6-11,17H2,1-2H3. The summed E-state index contributed by atoms with van der Waals surface area (Å²) in [5, 5.41) is 0. The average Bonchev–Trinajstić information content (AvgIpc) is 2.48. The molecule has 1 aliphatic heterocycles. The first kappa shape index (κ1) is 15.5. The minimum absolute atomic E-state index is 0.316. The first-order valence-electron chi connectivity index (χ1n) is 7.37. The van der Waals surface area contributed by atoms with E-state index in [9.17, 15) is 0 Å². The fourth-order valence-electron chi connectivity index (χ4n) is 2.57. The maximum Gasteiger partial charge on any atom is 0.165 e. The molecule has 1 unspecified atom stereocenters. The lowest BCUT2D eigenvalue weighted by molar-refractivity contribution is 0.181. The van der Waals surface area contributed by atoms with Gasteiger partial charge in [0.2, 0.25) is 0 Å². The second-order valence-corrected chi connectivity index (χ2v) is 6.51. The number of hydrogen-bond donors (Lipinski definition) is 1. The van der Waals surface area contributed by atoms with E-state index < -0.39 is 0 Å². The van der Waals surface area contributed by atoms with Crippen molar-refractivity contribution in [3.05, 3.63) is 23.8 Å². The molecule has 1 heterocycles. The Morgan fingerprint density at radius 1 is 1.35 bits per heavy atom. The summed E-state index contributed by atoms with van der Waals surface area (Å²) in [6.07, 6.45) is 3.52. The van der Waals surface area contributed by atoms with Crippen LogP contribution in [-0.2, 0) is 0 Å². The van der Waals surface area contributed by atoms with Crippen LogP contribution in [0.25, 0.3) is 0 Å². The Balaban J connectivity index is 2.22. The molecule has 4 heteroatoms. The van der Waals surface area contributed by atoms with E-state index in [1.165, 1.54) is 17.1 Å². The molecule has 1 aromatic carbocycles. The molecule has 1 saturated heterocycles. The number of ether oxygens (including phenoxy) is 2. The van der Waals surface area contributed by atoms with E-state index in [0.29, 0.717) is 18.6 Å². The number of para-hydroxylation sites is 1. The van der Waals surface area contributed by atoms with Gasteiger partial charge in [-0.1, -0.05) is 19.1 Å². The summed E-state index contributed by atoms with van der Waals surface area (Å²) in [6.45, 7) is 2.89. The molecule has 0 amide bonds. The number of rotatable bonds is 6. The quantitative estimate of drug-likeness (QED) is 0.873. The van der Waals surface area contributed by atoms with E-state index in [0.717, 1.165) is 30.8 Å². The van der Waals surface area contributed by atoms with Crippen LogP contribution in [0.5, 0.6) is 11.5 Å². The highest BCUT2D eigenvalue weighted by Crippen LogP contribution is 2.38. The molecule has 0 spiro atoms. The van der Waals surface area contributed by atoms with Crippen molar-refractivity contribution in [1.82, 2.24) is 0 Å². The molecule has 0 radical (unpaired) electrons. The summed E-state index contributed by atoms with van der Waals surface area (Å²) in [7, 11) is 1.70. The predicted octanol–water partition coefficient (Wildman–Crippen LogP) is 3.42. The normalized spacial score (nSPS) is 17.8. The van der Waals surface area contributed by atoms with Crippen LogP contribution in [-0.4, -0.2) is 31.3 Å². The van der Waals surface area contributed by atoms with Crippen molar-refractivity contribution < 1.29 is 9.47 Å². The van der Waals surface area contributed by atoms with E-state index in [2.05, 4.69) is 13.0 Å². The summed E-state index contributed by atoms with van der Waals surface area (Å²) in [5.41, 5.74) is 6.91. The molecule has 112 valence electrons. The number of benzene rings is 1. The molecule has 1 aliphatic rings. The van der Waals surface area contributed by atoms with Crippen LogP contribution in [0.1, 0.15) is 37.7 Å². The molecule has 20 heavy (non-hydrogen) atoms. The summed E-state index contributed by atoms with van der Waals surface area (Å²) >= 11 is 2.01. The minimum atomic E-state index is 0.316. The van der Waals surface area contributed by atoms with E-state index >= 15 is 0 Å².